The Morgan fingerprint density at radius 3 is 2.74 bits per heavy atom. The zero-order chi connectivity index (χ0) is 13.7. The molecule has 0 aliphatic carbocycles. The Morgan fingerprint density at radius 2 is 2.05 bits per heavy atom. The SMILES string of the molecule is CCCNC(c1cnccn1)c1cccc(C)c1C. The van der Waals surface area contributed by atoms with E-state index >= 15 is 0 Å². The highest BCUT2D eigenvalue weighted by Crippen LogP contribution is 2.24. The fourth-order valence-electron chi connectivity index (χ4n) is 2.21. The van der Waals surface area contributed by atoms with Crippen LogP contribution in [0.25, 0.3) is 0 Å². The normalized spacial score (nSPS) is 12.4. The Labute approximate surface area is 115 Å². The first-order chi connectivity index (χ1) is 9.24. The molecule has 0 radical (unpaired) electrons. The largest absolute Gasteiger partial charge is 0.305 e. The number of aryl methyl sites for hydroxylation is 1. The van der Waals surface area contributed by atoms with E-state index in [1.807, 2.05) is 6.20 Å². The molecule has 1 atom stereocenters. The Morgan fingerprint density at radius 1 is 1.21 bits per heavy atom. The molecule has 3 heteroatoms. The van der Waals surface area contributed by atoms with Crippen molar-refractivity contribution in [1.29, 1.82) is 0 Å². The van der Waals surface area contributed by atoms with Gasteiger partial charge in [-0.25, -0.2) is 0 Å². The van der Waals surface area contributed by atoms with E-state index in [9.17, 15) is 0 Å². The molecule has 1 aromatic carbocycles. The molecule has 0 aliphatic rings. The monoisotopic (exact) mass is 255 g/mol. The van der Waals surface area contributed by atoms with Crippen LogP contribution < -0.4 is 5.32 Å². The van der Waals surface area contributed by atoms with Gasteiger partial charge in [0.15, 0.2) is 0 Å². The number of hydrogen-bond acceptors (Lipinski definition) is 3. The Balaban J connectivity index is 2.40. The molecular weight excluding hydrogens is 234 g/mol. The molecule has 2 aromatic rings. The number of hydrogen-bond donors (Lipinski definition) is 1. The fourth-order valence-corrected chi connectivity index (χ4v) is 2.21. The molecule has 0 spiro atoms. The maximum atomic E-state index is 4.45. The van der Waals surface area contributed by atoms with Crippen LogP contribution in [-0.2, 0) is 0 Å². The number of benzene rings is 1. The van der Waals surface area contributed by atoms with Crippen LogP contribution in [0.1, 0.15) is 41.8 Å². The lowest BCUT2D eigenvalue weighted by Gasteiger charge is -2.21. The Kier molecular flexibility index (Phi) is 4.63. The average Bonchev–Trinajstić information content (AvgIpc) is 2.45. The average molecular weight is 255 g/mol. The van der Waals surface area contributed by atoms with Gasteiger partial charge in [-0.15, -0.1) is 0 Å². The summed E-state index contributed by atoms with van der Waals surface area (Å²) in [6.07, 6.45) is 6.40. The molecule has 0 saturated carbocycles. The molecule has 0 amide bonds. The van der Waals surface area contributed by atoms with Gasteiger partial charge in [0.2, 0.25) is 0 Å². The first-order valence-corrected chi connectivity index (χ1v) is 6.79. The van der Waals surface area contributed by atoms with Crippen molar-refractivity contribution < 1.29 is 0 Å². The summed E-state index contributed by atoms with van der Waals surface area (Å²) in [7, 11) is 0. The highest BCUT2D eigenvalue weighted by Gasteiger charge is 2.17. The Hall–Kier alpha value is -1.74. The van der Waals surface area contributed by atoms with Crippen molar-refractivity contribution in [3.63, 3.8) is 0 Å². The highest BCUT2D eigenvalue weighted by molar-refractivity contribution is 5.38. The van der Waals surface area contributed by atoms with Gasteiger partial charge < -0.3 is 5.32 Å². The summed E-state index contributed by atoms with van der Waals surface area (Å²) < 4.78 is 0. The predicted molar refractivity (Wildman–Crippen MR) is 78.1 cm³/mol. The lowest BCUT2D eigenvalue weighted by molar-refractivity contribution is 0.582. The number of nitrogens with one attached hydrogen (secondary N) is 1. The Bertz CT molecular complexity index is 523. The van der Waals surface area contributed by atoms with E-state index in [1.165, 1.54) is 16.7 Å². The molecule has 100 valence electrons. The van der Waals surface area contributed by atoms with Crippen LogP contribution in [0.2, 0.25) is 0 Å². The molecule has 2 rings (SSSR count). The van der Waals surface area contributed by atoms with Crippen molar-refractivity contribution >= 4 is 0 Å². The first-order valence-electron chi connectivity index (χ1n) is 6.79. The molecular formula is C16H21N3. The zero-order valence-electron chi connectivity index (χ0n) is 11.9. The number of rotatable bonds is 5. The van der Waals surface area contributed by atoms with Crippen LogP contribution in [-0.4, -0.2) is 16.5 Å². The van der Waals surface area contributed by atoms with Crippen molar-refractivity contribution in [2.75, 3.05) is 6.54 Å². The van der Waals surface area contributed by atoms with Gasteiger partial charge in [-0.2, -0.15) is 0 Å². The summed E-state index contributed by atoms with van der Waals surface area (Å²) >= 11 is 0. The molecule has 1 unspecified atom stereocenters. The lowest BCUT2D eigenvalue weighted by atomic mass is 9.95. The van der Waals surface area contributed by atoms with Crippen LogP contribution >= 0.6 is 0 Å². The van der Waals surface area contributed by atoms with Crippen molar-refractivity contribution in [1.82, 2.24) is 15.3 Å². The highest BCUT2D eigenvalue weighted by atomic mass is 14.9. The zero-order valence-corrected chi connectivity index (χ0v) is 11.9. The van der Waals surface area contributed by atoms with Crippen molar-refractivity contribution in [2.45, 2.75) is 33.2 Å². The van der Waals surface area contributed by atoms with E-state index in [4.69, 9.17) is 0 Å². The molecule has 1 aromatic heterocycles. The summed E-state index contributed by atoms with van der Waals surface area (Å²) in [5.74, 6) is 0. The van der Waals surface area contributed by atoms with Gasteiger partial charge in [0.1, 0.15) is 0 Å². The van der Waals surface area contributed by atoms with E-state index in [0.717, 1.165) is 18.7 Å². The summed E-state index contributed by atoms with van der Waals surface area (Å²) in [4.78, 5) is 8.64. The van der Waals surface area contributed by atoms with Crippen LogP contribution in [0, 0.1) is 13.8 Å². The minimum absolute atomic E-state index is 0.119. The molecule has 1 heterocycles. The molecule has 19 heavy (non-hydrogen) atoms. The van der Waals surface area contributed by atoms with Crippen LogP contribution in [0.3, 0.4) is 0 Å². The van der Waals surface area contributed by atoms with Crippen molar-refractivity contribution in [3.05, 3.63) is 59.2 Å². The first kappa shape index (κ1) is 13.7. The second-order valence-corrected chi connectivity index (χ2v) is 4.81. The second kappa shape index (κ2) is 6.43. The van der Waals surface area contributed by atoms with Gasteiger partial charge in [0.05, 0.1) is 17.9 Å². The van der Waals surface area contributed by atoms with E-state index in [-0.39, 0.29) is 6.04 Å². The van der Waals surface area contributed by atoms with Gasteiger partial charge in [-0.05, 0) is 43.5 Å². The maximum Gasteiger partial charge on any atom is 0.0801 e. The summed E-state index contributed by atoms with van der Waals surface area (Å²) in [6.45, 7) is 7.45. The van der Waals surface area contributed by atoms with Gasteiger partial charge in [0.25, 0.3) is 0 Å². The molecule has 3 nitrogen and oxygen atoms in total. The minimum Gasteiger partial charge on any atom is -0.305 e. The van der Waals surface area contributed by atoms with Crippen LogP contribution in [0.15, 0.2) is 36.8 Å². The van der Waals surface area contributed by atoms with E-state index in [0.29, 0.717) is 0 Å². The maximum absolute atomic E-state index is 4.45. The van der Waals surface area contributed by atoms with E-state index in [2.05, 4.69) is 54.3 Å². The fraction of sp³-hybridized carbons (Fsp3) is 0.375. The second-order valence-electron chi connectivity index (χ2n) is 4.81. The molecule has 0 bridgehead atoms. The van der Waals surface area contributed by atoms with Gasteiger partial charge in [0, 0.05) is 12.4 Å². The van der Waals surface area contributed by atoms with E-state index in [1.54, 1.807) is 12.4 Å². The summed E-state index contributed by atoms with van der Waals surface area (Å²) in [5, 5.41) is 3.57. The molecule has 0 fully saturated rings. The summed E-state index contributed by atoms with van der Waals surface area (Å²) in [6, 6.07) is 6.54. The van der Waals surface area contributed by atoms with Crippen molar-refractivity contribution in [2.24, 2.45) is 0 Å². The predicted octanol–water partition coefficient (Wildman–Crippen LogP) is 3.18. The van der Waals surface area contributed by atoms with Gasteiger partial charge >= 0.3 is 0 Å². The number of aromatic nitrogens is 2. The number of nitrogens with zero attached hydrogens (tertiary/aromatic N) is 2. The smallest absolute Gasteiger partial charge is 0.0801 e. The van der Waals surface area contributed by atoms with Crippen molar-refractivity contribution in [3.8, 4) is 0 Å². The quantitative estimate of drug-likeness (QED) is 0.891. The van der Waals surface area contributed by atoms with E-state index < -0.39 is 0 Å². The third-order valence-corrected chi connectivity index (χ3v) is 3.43. The third-order valence-electron chi connectivity index (χ3n) is 3.43. The van der Waals surface area contributed by atoms with Gasteiger partial charge in [-0.1, -0.05) is 25.1 Å². The topological polar surface area (TPSA) is 37.8 Å². The van der Waals surface area contributed by atoms with Crippen LogP contribution in [0.4, 0.5) is 0 Å². The lowest BCUT2D eigenvalue weighted by Crippen LogP contribution is -2.25. The minimum atomic E-state index is 0.119. The molecule has 1 N–H and O–H groups in total. The van der Waals surface area contributed by atoms with Crippen LogP contribution in [0.5, 0.6) is 0 Å². The third kappa shape index (κ3) is 3.18. The molecule has 0 aliphatic heterocycles. The molecule has 0 saturated heterocycles. The van der Waals surface area contributed by atoms with Gasteiger partial charge in [-0.3, -0.25) is 9.97 Å². The standard InChI is InChI=1S/C16H21N3/c1-4-8-19-16(15-11-17-9-10-18-15)14-7-5-6-12(2)13(14)3/h5-7,9-11,16,19H,4,8H2,1-3H3. The summed E-state index contributed by atoms with van der Waals surface area (Å²) in [5.41, 5.74) is 4.89.